The summed E-state index contributed by atoms with van der Waals surface area (Å²) in [4.78, 5) is 59.1. The van der Waals surface area contributed by atoms with E-state index >= 15 is 0 Å². The van der Waals surface area contributed by atoms with Gasteiger partial charge in [-0.3, -0.25) is 19.2 Å². The molecule has 0 bridgehead atoms. The Morgan fingerprint density at radius 1 is 0.774 bits per heavy atom. The number of aliphatic hydroxyl groups excluding tert-OH is 2. The van der Waals surface area contributed by atoms with Gasteiger partial charge in [0.25, 0.3) is 0 Å². The monoisotopic (exact) mass is 448 g/mol. The van der Waals surface area contributed by atoms with E-state index in [-0.39, 0.29) is 0 Å². The fraction of sp³-hybridized carbons (Fsp3) is 0.722. The van der Waals surface area contributed by atoms with Gasteiger partial charge in [0.15, 0.2) is 0 Å². The van der Waals surface area contributed by atoms with E-state index in [1.165, 1.54) is 6.92 Å². The van der Waals surface area contributed by atoms with Gasteiger partial charge >= 0.3 is 11.9 Å². The van der Waals surface area contributed by atoms with Gasteiger partial charge in [0.1, 0.15) is 18.1 Å². The van der Waals surface area contributed by atoms with Gasteiger partial charge in [-0.1, -0.05) is 20.3 Å². The Bertz CT molecular complexity index is 668. The molecule has 7 unspecified atom stereocenters. The molecule has 0 saturated carbocycles. The highest BCUT2D eigenvalue weighted by molar-refractivity contribution is 5.95. The number of carbonyl (C=O) groups is 5. The van der Waals surface area contributed by atoms with E-state index in [1.807, 2.05) is 0 Å². The third-order valence-electron chi connectivity index (χ3n) is 4.63. The molecule has 31 heavy (non-hydrogen) atoms. The Balaban J connectivity index is 5.41. The predicted molar refractivity (Wildman–Crippen MR) is 106 cm³/mol. The first-order valence-corrected chi connectivity index (χ1v) is 9.70. The van der Waals surface area contributed by atoms with Crippen LogP contribution >= 0.6 is 0 Å². The standard InChI is InChI=1S/C18H32N4O9/c1-5-7(2)12(18(30)31)20-16(28)14(9(4)24)22-17(29)13(8(3)23)21-15(27)10(19)6-11(25)26/h7-10,12-14,23-24H,5-6,19H2,1-4H3,(H,20,28)(H,21,27)(H,22,29)(H,25,26)(H,30,31). The van der Waals surface area contributed by atoms with Crippen LogP contribution in [0.1, 0.15) is 40.5 Å². The van der Waals surface area contributed by atoms with Crippen molar-refractivity contribution in [1.82, 2.24) is 16.0 Å². The second kappa shape index (κ2) is 12.8. The fourth-order valence-corrected chi connectivity index (χ4v) is 2.52. The lowest BCUT2D eigenvalue weighted by Crippen LogP contribution is -2.62. The van der Waals surface area contributed by atoms with Crippen molar-refractivity contribution in [1.29, 1.82) is 0 Å². The van der Waals surface area contributed by atoms with Crippen molar-refractivity contribution in [3.05, 3.63) is 0 Å². The highest BCUT2D eigenvalue weighted by atomic mass is 16.4. The van der Waals surface area contributed by atoms with E-state index in [2.05, 4.69) is 16.0 Å². The SMILES string of the molecule is CCC(C)C(NC(=O)C(NC(=O)C(NC(=O)C(N)CC(=O)O)C(C)O)C(C)O)C(=O)O. The van der Waals surface area contributed by atoms with Crippen LogP contribution in [0.25, 0.3) is 0 Å². The largest absolute Gasteiger partial charge is 0.481 e. The Morgan fingerprint density at radius 2 is 1.16 bits per heavy atom. The topological polar surface area (TPSA) is 228 Å². The molecule has 0 heterocycles. The predicted octanol–water partition coefficient (Wildman–Crippen LogP) is -2.86. The van der Waals surface area contributed by atoms with Crippen LogP contribution in [0.4, 0.5) is 0 Å². The van der Waals surface area contributed by atoms with E-state index < -0.39 is 78.4 Å². The highest BCUT2D eigenvalue weighted by Gasteiger charge is 2.35. The van der Waals surface area contributed by atoms with E-state index in [0.717, 1.165) is 6.92 Å². The Kier molecular flexibility index (Phi) is 11.7. The van der Waals surface area contributed by atoms with Gasteiger partial charge in [-0.05, 0) is 19.8 Å². The molecule has 178 valence electrons. The molecule has 3 amide bonds. The normalized spacial score (nSPS) is 17.8. The molecule has 0 saturated heterocycles. The number of amides is 3. The first-order chi connectivity index (χ1) is 14.2. The number of aliphatic carboxylic acids is 2. The second-order valence-corrected chi connectivity index (χ2v) is 7.37. The molecule has 0 rings (SSSR count). The van der Waals surface area contributed by atoms with Crippen molar-refractivity contribution in [3.8, 4) is 0 Å². The van der Waals surface area contributed by atoms with Crippen molar-refractivity contribution in [2.75, 3.05) is 0 Å². The molecule has 0 aromatic carbocycles. The number of carboxylic acids is 2. The lowest BCUT2D eigenvalue weighted by molar-refractivity contribution is -0.144. The quantitative estimate of drug-likeness (QED) is 0.144. The van der Waals surface area contributed by atoms with Crippen LogP contribution in [0.5, 0.6) is 0 Å². The van der Waals surface area contributed by atoms with Crippen molar-refractivity contribution in [3.63, 3.8) is 0 Å². The Morgan fingerprint density at radius 3 is 1.48 bits per heavy atom. The molecule has 0 aromatic rings. The molecular formula is C18H32N4O9. The van der Waals surface area contributed by atoms with Gasteiger partial charge in [-0.2, -0.15) is 0 Å². The molecule has 0 aromatic heterocycles. The summed E-state index contributed by atoms with van der Waals surface area (Å²) in [5.74, 6) is -6.14. The summed E-state index contributed by atoms with van der Waals surface area (Å²) in [7, 11) is 0. The van der Waals surface area contributed by atoms with E-state index in [4.69, 9.17) is 10.8 Å². The summed E-state index contributed by atoms with van der Waals surface area (Å²) in [6.45, 7) is 5.68. The molecule has 13 heteroatoms. The number of aliphatic hydroxyl groups is 2. The van der Waals surface area contributed by atoms with Gasteiger partial charge in [-0.15, -0.1) is 0 Å². The molecule has 0 aliphatic heterocycles. The number of carboxylic acid groups (broad SMARTS) is 2. The van der Waals surface area contributed by atoms with Crippen molar-refractivity contribution >= 4 is 29.7 Å². The number of nitrogens with one attached hydrogen (secondary N) is 3. The van der Waals surface area contributed by atoms with Gasteiger partial charge in [-0.25, -0.2) is 4.79 Å². The molecule has 0 spiro atoms. The summed E-state index contributed by atoms with van der Waals surface area (Å²) >= 11 is 0. The molecule has 0 aliphatic carbocycles. The van der Waals surface area contributed by atoms with Crippen LogP contribution in [-0.4, -0.2) is 86.5 Å². The van der Waals surface area contributed by atoms with E-state index in [9.17, 15) is 39.3 Å². The number of nitrogens with two attached hydrogens (primary N) is 1. The van der Waals surface area contributed by atoms with Crippen LogP contribution in [0.3, 0.4) is 0 Å². The zero-order chi connectivity index (χ0) is 24.5. The van der Waals surface area contributed by atoms with Crippen molar-refractivity contribution < 1.29 is 44.4 Å². The maximum Gasteiger partial charge on any atom is 0.326 e. The number of carbonyl (C=O) groups excluding carboxylic acids is 3. The molecule has 0 fully saturated rings. The Labute approximate surface area is 179 Å². The zero-order valence-electron chi connectivity index (χ0n) is 17.9. The number of hydrogen-bond acceptors (Lipinski definition) is 8. The summed E-state index contributed by atoms with van der Waals surface area (Å²) in [5.41, 5.74) is 5.42. The van der Waals surface area contributed by atoms with Gasteiger partial charge in [0, 0.05) is 0 Å². The Hall–Kier alpha value is -2.77. The lowest BCUT2D eigenvalue weighted by atomic mass is 9.98. The summed E-state index contributed by atoms with van der Waals surface area (Å²) < 4.78 is 0. The first kappa shape index (κ1) is 28.2. The minimum Gasteiger partial charge on any atom is -0.481 e. The molecular weight excluding hydrogens is 416 g/mol. The minimum absolute atomic E-state index is 0.438. The van der Waals surface area contributed by atoms with Crippen molar-refractivity contribution in [2.45, 2.75) is 76.9 Å². The average Bonchev–Trinajstić information content (AvgIpc) is 2.65. The maximum atomic E-state index is 12.5. The van der Waals surface area contributed by atoms with Crippen LogP contribution in [0, 0.1) is 5.92 Å². The number of hydrogen-bond donors (Lipinski definition) is 8. The molecule has 7 atom stereocenters. The molecule has 0 aliphatic rings. The summed E-state index contributed by atoms with van der Waals surface area (Å²) in [5, 5.41) is 44.2. The van der Waals surface area contributed by atoms with E-state index in [1.54, 1.807) is 13.8 Å². The van der Waals surface area contributed by atoms with E-state index in [0.29, 0.717) is 6.42 Å². The average molecular weight is 448 g/mol. The molecule has 0 radical (unpaired) electrons. The van der Waals surface area contributed by atoms with Crippen LogP contribution in [0.15, 0.2) is 0 Å². The summed E-state index contributed by atoms with van der Waals surface area (Å²) in [6, 6.07) is -5.97. The highest BCUT2D eigenvalue weighted by Crippen LogP contribution is 2.09. The second-order valence-electron chi connectivity index (χ2n) is 7.37. The minimum atomic E-state index is -1.62. The van der Waals surface area contributed by atoms with Crippen LogP contribution in [-0.2, 0) is 24.0 Å². The lowest BCUT2D eigenvalue weighted by Gasteiger charge is -2.28. The van der Waals surface area contributed by atoms with Crippen LogP contribution < -0.4 is 21.7 Å². The first-order valence-electron chi connectivity index (χ1n) is 9.70. The zero-order valence-corrected chi connectivity index (χ0v) is 17.9. The summed E-state index contributed by atoms with van der Waals surface area (Å²) in [6.07, 6.45) is -3.19. The van der Waals surface area contributed by atoms with Crippen LogP contribution in [0.2, 0.25) is 0 Å². The fourth-order valence-electron chi connectivity index (χ4n) is 2.52. The van der Waals surface area contributed by atoms with Gasteiger partial charge < -0.3 is 42.1 Å². The van der Waals surface area contributed by atoms with Gasteiger partial charge in [0.05, 0.1) is 24.7 Å². The maximum absolute atomic E-state index is 12.5. The van der Waals surface area contributed by atoms with Crippen molar-refractivity contribution in [2.24, 2.45) is 11.7 Å². The smallest absolute Gasteiger partial charge is 0.326 e. The molecule has 13 nitrogen and oxygen atoms in total. The third kappa shape index (κ3) is 9.27. The number of rotatable bonds is 13. The molecule has 9 N–H and O–H groups in total. The van der Waals surface area contributed by atoms with Gasteiger partial charge in [0.2, 0.25) is 17.7 Å². The third-order valence-corrected chi connectivity index (χ3v) is 4.63.